The molecule has 2 aliphatic heterocycles. The van der Waals surface area contributed by atoms with Crippen molar-refractivity contribution in [1.29, 1.82) is 0 Å². The molecule has 0 aromatic heterocycles. The van der Waals surface area contributed by atoms with Crippen LogP contribution >= 0.6 is 0 Å². The van der Waals surface area contributed by atoms with Crippen molar-refractivity contribution in [1.82, 2.24) is 15.1 Å². The van der Waals surface area contributed by atoms with Crippen LogP contribution < -0.4 is 5.32 Å². The highest BCUT2D eigenvalue weighted by Crippen LogP contribution is 2.24. The number of imide groups is 1. The Morgan fingerprint density at radius 1 is 1.00 bits per heavy atom. The van der Waals surface area contributed by atoms with Crippen molar-refractivity contribution >= 4 is 23.6 Å². The van der Waals surface area contributed by atoms with Gasteiger partial charge in [-0.1, -0.05) is 30.3 Å². The van der Waals surface area contributed by atoms with Gasteiger partial charge < -0.3 is 15.0 Å². The average molecular weight is 464 g/mol. The topological polar surface area (TPSA) is 96.0 Å². The maximum absolute atomic E-state index is 13.2. The van der Waals surface area contributed by atoms with Crippen LogP contribution in [0.4, 0.5) is 0 Å². The quantitative estimate of drug-likeness (QED) is 0.455. The predicted octanol–water partition coefficient (Wildman–Crippen LogP) is 2.28. The molecule has 4 amide bonds. The normalized spacial score (nSPS) is 16.0. The van der Waals surface area contributed by atoms with Crippen molar-refractivity contribution in [2.24, 2.45) is 0 Å². The Hall–Kier alpha value is -3.52. The zero-order valence-corrected chi connectivity index (χ0v) is 19.3. The molecule has 2 aliphatic rings. The first kappa shape index (κ1) is 23.6. The van der Waals surface area contributed by atoms with Gasteiger partial charge >= 0.3 is 0 Å². The van der Waals surface area contributed by atoms with Gasteiger partial charge in [-0.25, -0.2) is 0 Å². The lowest BCUT2D eigenvalue weighted by atomic mass is 10.0. The Morgan fingerprint density at radius 3 is 2.41 bits per heavy atom. The van der Waals surface area contributed by atoms with Crippen LogP contribution in [0.2, 0.25) is 0 Å². The fourth-order valence-electron chi connectivity index (χ4n) is 4.45. The maximum Gasteiger partial charge on any atom is 0.261 e. The lowest BCUT2D eigenvalue weighted by Gasteiger charge is -2.24. The summed E-state index contributed by atoms with van der Waals surface area (Å²) in [5, 5.41) is 2.87. The number of hydrogen-bond acceptors (Lipinski definition) is 5. The maximum atomic E-state index is 13.2. The van der Waals surface area contributed by atoms with Crippen LogP contribution in [-0.2, 0) is 16.0 Å². The highest BCUT2D eigenvalue weighted by molar-refractivity contribution is 6.22. The third-order valence-corrected chi connectivity index (χ3v) is 6.27. The molecule has 0 aliphatic carbocycles. The molecule has 8 heteroatoms. The van der Waals surface area contributed by atoms with Crippen molar-refractivity contribution < 1.29 is 23.9 Å². The summed E-state index contributed by atoms with van der Waals surface area (Å²) in [5.74, 6) is -1.34. The molecule has 1 saturated heterocycles. The molecule has 178 valence electrons. The summed E-state index contributed by atoms with van der Waals surface area (Å²) in [4.78, 5) is 54.7. The molecule has 2 aromatic carbocycles. The summed E-state index contributed by atoms with van der Waals surface area (Å²) in [7, 11) is 1.56. The summed E-state index contributed by atoms with van der Waals surface area (Å²) in [6.07, 6.45) is 2.83. The zero-order valence-electron chi connectivity index (χ0n) is 19.3. The Balaban J connectivity index is 1.51. The molecule has 0 bridgehead atoms. The van der Waals surface area contributed by atoms with Crippen molar-refractivity contribution in [2.75, 3.05) is 33.4 Å². The molecular formula is C26H29N3O5. The number of likely N-dealkylation sites (tertiary alicyclic amines) is 1. The van der Waals surface area contributed by atoms with Gasteiger partial charge in [0.2, 0.25) is 5.91 Å². The van der Waals surface area contributed by atoms with Gasteiger partial charge in [-0.3, -0.25) is 24.1 Å². The molecule has 4 rings (SSSR count). The van der Waals surface area contributed by atoms with Gasteiger partial charge in [0.15, 0.2) is 0 Å². The van der Waals surface area contributed by atoms with Crippen molar-refractivity contribution in [3.8, 4) is 0 Å². The standard InChI is InChI=1S/C26H29N3O5/c1-34-15-7-14-29-24(31)20-11-10-19(17-21(20)25(29)32)23(30)27-22(16-18-8-3-2-4-9-18)26(33)28-12-5-6-13-28/h2-4,8-11,17,22H,5-7,12-16H2,1H3,(H,27,30). The first-order valence-electron chi connectivity index (χ1n) is 11.6. The Morgan fingerprint density at radius 2 is 1.71 bits per heavy atom. The first-order chi connectivity index (χ1) is 16.5. The van der Waals surface area contributed by atoms with E-state index in [0.29, 0.717) is 32.5 Å². The van der Waals surface area contributed by atoms with Gasteiger partial charge in [0.25, 0.3) is 17.7 Å². The molecule has 2 heterocycles. The van der Waals surface area contributed by atoms with E-state index >= 15 is 0 Å². The third-order valence-electron chi connectivity index (χ3n) is 6.27. The lowest BCUT2D eigenvalue weighted by Crippen LogP contribution is -2.49. The fraction of sp³-hybridized carbons (Fsp3) is 0.385. The number of benzene rings is 2. The minimum Gasteiger partial charge on any atom is -0.385 e. The molecule has 2 aromatic rings. The number of nitrogens with one attached hydrogen (secondary N) is 1. The Labute approximate surface area is 198 Å². The van der Waals surface area contributed by atoms with Crippen LogP contribution in [0.25, 0.3) is 0 Å². The number of amides is 4. The minimum atomic E-state index is -0.718. The molecular weight excluding hydrogens is 434 g/mol. The smallest absolute Gasteiger partial charge is 0.261 e. The highest BCUT2D eigenvalue weighted by Gasteiger charge is 2.36. The second kappa shape index (κ2) is 10.6. The summed E-state index contributed by atoms with van der Waals surface area (Å²) in [6.45, 7) is 2.07. The average Bonchev–Trinajstić information content (AvgIpc) is 3.47. The molecule has 0 saturated carbocycles. The van der Waals surface area contributed by atoms with E-state index in [-0.39, 0.29) is 35.0 Å². The Kier molecular flexibility index (Phi) is 7.37. The second-order valence-corrected chi connectivity index (χ2v) is 8.62. The van der Waals surface area contributed by atoms with E-state index in [1.165, 1.54) is 23.1 Å². The molecule has 1 unspecified atom stereocenters. The molecule has 34 heavy (non-hydrogen) atoms. The van der Waals surface area contributed by atoms with Crippen LogP contribution in [0.3, 0.4) is 0 Å². The monoisotopic (exact) mass is 463 g/mol. The third kappa shape index (κ3) is 5.02. The van der Waals surface area contributed by atoms with E-state index in [2.05, 4.69) is 5.32 Å². The predicted molar refractivity (Wildman–Crippen MR) is 126 cm³/mol. The summed E-state index contributed by atoms with van der Waals surface area (Å²) in [6, 6.07) is 13.3. The van der Waals surface area contributed by atoms with Crippen LogP contribution in [0.5, 0.6) is 0 Å². The number of methoxy groups -OCH3 is 1. The number of carbonyl (C=O) groups is 4. The van der Waals surface area contributed by atoms with Crippen LogP contribution in [-0.4, -0.2) is 72.8 Å². The Bertz CT molecular complexity index is 1080. The molecule has 0 spiro atoms. The number of fused-ring (bicyclic) bond motifs is 1. The van der Waals surface area contributed by atoms with Crippen molar-refractivity contribution in [3.05, 3.63) is 70.8 Å². The van der Waals surface area contributed by atoms with E-state index in [0.717, 1.165) is 18.4 Å². The fourth-order valence-corrected chi connectivity index (χ4v) is 4.45. The van der Waals surface area contributed by atoms with Crippen LogP contribution in [0.15, 0.2) is 48.5 Å². The SMILES string of the molecule is COCCCN1C(=O)c2ccc(C(=O)NC(Cc3ccccc3)C(=O)N3CCCC3)cc2C1=O. The van der Waals surface area contributed by atoms with Gasteiger partial charge in [-0.05, 0) is 43.0 Å². The number of ether oxygens (including phenoxy) is 1. The number of carbonyl (C=O) groups excluding carboxylic acids is 4. The number of hydrogen-bond donors (Lipinski definition) is 1. The molecule has 1 atom stereocenters. The molecule has 0 radical (unpaired) electrons. The van der Waals surface area contributed by atoms with E-state index in [1.807, 2.05) is 30.3 Å². The van der Waals surface area contributed by atoms with Crippen molar-refractivity contribution in [3.63, 3.8) is 0 Å². The molecule has 1 N–H and O–H groups in total. The van der Waals surface area contributed by atoms with Gasteiger partial charge in [-0.15, -0.1) is 0 Å². The van der Waals surface area contributed by atoms with Gasteiger partial charge in [0.05, 0.1) is 11.1 Å². The van der Waals surface area contributed by atoms with Gasteiger partial charge in [0, 0.05) is 45.3 Å². The second-order valence-electron chi connectivity index (χ2n) is 8.62. The van der Waals surface area contributed by atoms with Crippen LogP contribution in [0, 0.1) is 0 Å². The highest BCUT2D eigenvalue weighted by atomic mass is 16.5. The first-order valence-corrected chi connectivity index (χ1v) is 11.6. The minimum absolute atomic E-state index is 0.105. The summed E-state index contributed by atoms with van der Waals surface area (Å²) < 4.78 is 5.00. The van der Waals surface area contributed by atoms with Crippen LogP contribution in [0.1, 0.15) is 55.9 Å². The number of rotatable bonds is 9. The van der Waals surface area contributed by atoms with E-state index in [1.54, 1.807) is 12.0 Å². The lowest BCUT2D eigenvalue weighted by molar-refractivity contribution is -0.132. The molecule has 1 fully saturated rings. The molecule has 8 nitrogen and oxygen atoms in total. The van der Waals surface area contributed by atoms with Gasteiger partial charge in [0.1, 0.15) is 6.04 Å². The zero-order chi connectivity index (χ0) is 24.1. The number of nitrogens with zero attached hydrogens (tertiary/aromatic N) is 2. The van der Waals surface area contributed by atoms with E-state index in [4.69, 9.17) is 4.74 Å². The largest absolute Gasteiger partial charge is 0.385 e. The summed E-state index contributed by atoms with van der Waals surface area (Å²) in [5.41, 5.74) is 1.68. The van der Waals surface area contributed by atoms with E-state index < -0.39 is 17.9 Å². The van der Waals surface area contributed by atoms with Gasteiger partial charge in [-0.2, -0.15) is 0 Å². The van der Waals surface area contributed by atoms with Crippen molar-refractivity contribution in [2.45, 2.75) is 31.7 Å². The van der Waals surface area contributed by atoms with E-state index in [9.17, 15) is 19.2 Å². The summed E-state index contributed by atoms with van der Waals surface area (Å²) >= 11 is 0.